The van der Waals surface area contributed by atoms with Gasteiger partial charge in [-0.3, -0.25) is 4.98 Å². The molecule has 1 atom stereocenters. The summed E-state index contributed by atoms with van der Waals surface area (Å²) in [5.41, 5.74) is 0.654. The molecule has 1 aliphatic rings. The lowest BCUT2D eigenvalue weighted by atomic mass is 9.83. The molecule has 2 aromatic carbocycles. The second-order valence-corrected chi connectivity index (χ2v) is 9.91. The highest BCUT2D eigenvalue weighted by Crippen LogP contribution is 2.44. The normalized spacial score (nSPS) is 15.5. The van der Waals surface area contributed by atoms with Gasteiger partial charge < -0.3 is 4.74 Å². The Bertz CT molecular complexity index is 1550. The van der Waals surface area contributed by atoms with Crippen molar-refractivity contribution in [2.75, 3.05) is 11.3 Å². The quantitative estimate of drug-likeness (QED) is 0.347. The minimum atomic E-state index is -4.58. The number of nitrogens with zero attached hydrogens (tertiary/aromatic N) is 3. The van der Waals surface area contributed by atoms with Gasteiger partial charge in [0.25, 0.3) is 10.0 Å². The number of anilines is 1. The van der Waals surface area contributed by atoms with Crippen molar-refractivity contribution in [1.29, 1.82) is 0 Å². The van der Waals surface area contributed by atoms with Gasteiger partial charge in [-0.1, -0.05) is 12.1 Å². The minimum Gasteiger partial charge on any atom is -0.493 e. The smallest absolute Gasteiger partial charge is 0.416 e. The summed E-state index contributed by atoms with van der Waals surface area (Å²) >= 11 is 0. The third kappa shape index (κ3) is 5.10. The van der Waals surface area contributed by atoms with E-state index in [1.165, 1.54) is 36.7 Å². The maximum atomic E-state index is 13.5. The summed E-state index contributed by atoms with van der Waals surface area (Å²) in [6.07, 6.45) is -0.432. The monoisotopic (exact) mass is 530 g/mol. The number of ether oxygens (including phenoxy) is 1. The lowest BCUT2D eigenvalue weighted by Gasteiger charge is -2.28. The van der Waals surface area contributed by atoms with Crippen LogP contribution in [-0.2, 0) is 16.2 Å². The lowest BCUT2D eigenvalue weighted by molar-refractivity contribution is -0.137. The summed E-state index contributed by atoms with van der Waals surface area (Å²) < 4.78 is 87.7. The van der Waals surface area contributed by atoms with Gasteiger partial charge in [-0.15, -0.1) is 0 Å². The van der Waals surface area contributed by atoms with Crippen molar-refractivity contribution in [3.8, 4) is 17.0 Å². The fourth-order valence-electron chi connectivity index (χ4n) is 4.18. The fraction of sp³-hybridized carbons (Fsp3) is 0.160. The van der Waals surface area contributed by atoms with Crippen molar-refractivity contribution in [2.45, 2.75) is 23.4 Å². The largest absolute Gasteiger partial charge is 0.493 e. The van der Waals surface area contributed by atoms with Crippen LogP contribution >= 0.6 is 0 Å². The van der Waals surface area contributed by atoms with Gasteiger partial charge in [-0.2, -0.15) is 13.2 Å². The van der Waals surface area contributed by atoms with Crippen LogP contribution < -0.4 is 9.46 Å². The molecule has 0 saturated heterocycles. The van der Waals surface area contributed by atoms with Crippen LogP contribution in [0.1, 0.15) is 29.0 Å². The van der Waals surface area contributed by atoms with Gasteiger partial charge in [-0.25, -0.2) is 27.5 Å². The van der Waals surface area contributed by atoms with Crippen LogP contribution in [0.2, 0.25) is 0 Å². The molecule has 0 saturated carbocycles. The number of rotatable bonds is 5. The van der Waals surface area contributed by atoms with Crippen LogP contribution in [-0.4, -0.2) is 30.0 Å². The zero-order valence-corrected chi connectivity index (χ0v) is 19.7. The molecule has 37 heavy (non-hydrogen) atoms. The molecule has 1 aliphatic heterocycles. The molecule has 0 bridgehead atoms. The third-order valence-electron chi connectivity index (χ3n) is 5.89. The SMILES string of the molecule is O=S(=O)(Nc1ncccn1)c1ccc2c(c1)OCC[C@H]2c1ccc(C(F)(F)F)cc1-c1ccc(F)cn1. The van der Waals surface area contributed by atoms with Crippen LogP contribution in [0.4, 0.5) is 23.5 Å². The lowest BCUT2D eigenvalue weighted by Crippen LogP contribution is -2.19. The average molecular weight is 531 g/mol. The molecular weight excluding hydrogens is 512 g/mol. The molecule has 3 heterocycles. The molecule has 12 heteroatoms. The summed E-state index contributed by atoms with van der Waals surface area (Å²) in [5.74, 6) is -0.849. The first kappa shape index (κ1) is 24.6. The molecule has 1 N–H and O–H groups in total. The van der Waals surface area contributed by atoms with Crippen LogP contribution in [0.15, 0.2) is 78.1 Å². The maximum Gasteiger partial charge on any atom is 0.416 e. The molecule has 0 unspecified atom stereocenters. The van der Waals surface area contributed by atoms with Crippen molar-refractivity contribution in [2.24, 2.45) is 0 Å². The van der Waals surface area contributed by atoms with Gasteiger partial charge in [0.2, 0.25) is 5.95 Å². The topological polar surface area (TPSA) is 94.1 Å². The Hall–Kier alpha value is -4.06. The van der Waals surface area contributed by atoms with E-state index in [4.69, 9.17) is 4.74 Å². The van der Waals surface area contributed by atoms with Crippen molar-refractivity contribution in [3.05, 3.63) is 95.7 Å². The van der Waals surface area contributed by atoms with Crippen LogP contribution in [0.3, 0.4) is 0 Å². The van der Waals surface area contributed by atoms with E-state index in [-0.39, 0.29) is 34.5 Å². The Kier molecular flexibility index (Phi) is 6.28. The van der Waals surface area contributed by atoms with E-state index in [2.05, 4.69) is 19.7 Å². The van der Waals surface area contributed by atoms with E-state index in [1.54, 1.807) is 12.1 Å². The number of hydrogen-bond acceptors (Lipinski definition) is 6. The van der Waals surface area contributed by atoms with Crippen molar-refractivity contribution < 1.29 is 30.7 Å². The molecule has 0 fully saturated rings. The van der Waals surface area contributed by atoms with Gasteiger partial charge in [0.05, 0.1) is 29.0 Å². The Labute approximate surface area is 209 Å². The molecule has 0 radical (unpaired) electrons. The third-order valence-corrected chi connectivity index (χ3v) is 7.21. The van der Waals surface area contributed by atoms with Crippen molar-refractivity contribution >= 4 is 16.0 Å². The number of nitrogens with one attached hydrogen (secondary N) is 1. The summed E-state index contributed by atoms with van der Waals surface area (Å²) in [5, 5.41) is 0. The summed E-state index contributed by atoms with van der Waals surface area (Å²) in [7, 11) is -4.03. The second kappa shape index (κ2) is 9.43. The zero-order chi connectivity index (χ0) is 26.2. The molecule has 4 aromatic rings. The molecule has 0 aliphatic carbocycles. The Morgan fingerprint density at radius 2 is 1.70 bits per heavy atom. The van der Waals surface area contributed by atoms with E-state index in [9.17, 15) is 26.0 Å². The molecule has 2 aromatic heterocycles. The fourth-order valence-corrected chi connectivity index (χ4v) is 5.16. The number of benzene rings is 2. The standard InChI is InChI=1S/C25H18F4N4O3S/c26-16-3-7-22(32-14-16)21-12-15(25(27,28)29)2-5-18(21)19-8-11-36-23-13-17(4-6-20(19)23)37(34,35)33-24-30-9-1-10-31-24/h1-7,9-10,12-14,19H,8,11H2,(H,30,31,33)/t19-/m0/s1. The predicted octanol–water partition coefficient (Wildman–Crippen LogP) is 5.41. The highest BCUT2D eigenvalue weighted by Gasteiger charge is 2.33. The second-order valence-electron chi connectivity index (χ2n) is 8.23. The van der Waals surface area contributed by atoms with Crippen molar-refractivity contribution in [1.82, 2.24) is 15.0 Å². The molecule has 5 rings (SSSR count). The summed E-state index contributed by atoms with van der Waals surface area (Å²) in [4.78, 5) is 11.6. The average Bonchev–Trinajstić information content (AvgIpc) is 2.88. The molecule has 0 amide bonds. The molecule has 190 valence electrons. The number of hydrogen-bond donors (Lipinski definition) is 1. The van der Waals surface area contributed by atoms with Gasteiger partial charge >= 0.3 is 6.18 Å². The van der Waals surface area contributed by atoms with Gasteiger partial charge in [0, 0.05) is 35.5 Å². The van der Waals surface area contributed by atoms with E-state index >= 15 is 0 Å². The first-order chi connectivity index (χ1) is 17.6. The van der Waals surface area contributed by atoms with Gasteiger partial charge in [0.1, 0.15) is 11.6 Å². The van der Waals surface area contributed by atoms with Gasteiger partial charge in [0.15, 0.2) is 0 Å². The maximum absolute atomic E-state index is 13.5. The summed E-state index contributed by atoms with van der Waals surface area (Å²) in [6.45, 7) is 0.202. The number of sulfonamides is 1. The van der Waals surface area contributed by atoms with E-state index < -0.39 is 33.5 Å². The van der Waals surface area contributed by atoms with Crippen LogP contribution in [0, 0.1) is 5.82 Å². The number of fused-ring (bicyclic) bond motifs is 1. The zero-order valence-electron chi connectivity index (χ0n) is 18.9. The Morgan fingerprint density at radius 1 is 0.946 bits per heavy atom. The highest BCUT2D eigenvalue weighted by molar-refractivity contribution is 7.92. The van der Waals surface area contributed by atoms with Crippen molar-refractivity contribution in [3.63, 3.8) is 0 Å². The van der Waals surface area contributed by atoms with Crippen LogP contribution in [0.25, 0.3) is 11.3 Å². The van der Waals surface area contributed by atoms with E-state index in [0.717, 1.165) is 24.4 Å². The van der Waals surface area contributed by atoms with Gasteiger partial charge in [-0.05, 0) is 48.4 Å². The number of aromatic nitrogens is 3. The first-order valence-electron chi connectivity index (χ1n) is 11.0. The van der Waals surface area contributed by atoms with Crippen LogP contribution in [0.5, 0.6) is 5.75 Å². The minimum absolute atomic E-state index is 0.0906. The number of alkyl halides is 3. The van der Waals surface area contributed by atoms with E-state index in [0.29, 0.717) is 17.5 Å². The molecular formula is C25H18F4N4O3S. The highest BCUT2D eigenvalue weighted by atomic mass is 32.2. The Balaban J connectivity index is 1.56. The van der Waals surface area contributed by atoms with E-state index in [1.807, 2.05) is 0 Å². The first-order valence-corrected chi connectivity index (χ1v) is 12.5. The molecule has 7 nitrogen and oxygen atoms in total. The number of pyridine rings is 1. The Morgan fingerprint density at radius 3 is 2.41 bits per heavy atom. The number of halogens is 4. The molecule has 0 spiro atoms. The summed E-state index contributed by atoms with van der Waals surface area (Å²) in [6, 6.07) is 11.7. The predicted molar refractivity (Wildman–Crippen MR) is 126 cm³/mol.